The molecule has 0 radical (unpaired) electrons. The number of nitrogens with zero attached hydrogens (tertiary/aromatic N) is 3. The molecule has 5 heteroatoms. The van der Waals surface area contributed by atoms with Gasteiger partial charge in [0.05, 0.1) is 15.7 Å². The molecule has 0 aromatic carbocycles. The quantitative estimate of drug-likeness (QED) is 0.786. The van der Waals surface area contributed by atoms with Crippen molar-refractivity contribution in [3.05, 3.63) is 39.9 Å². The Hall–Kier alpha value is -1.06. The molecule has 0 N–H and O–H groups in total. The van der Waals surface area contributed by atoms with E-state index in [4.69, 9.17) is 23.2 Å². The van der Waals surface area contributed by atoms with Crippen LogP contribution in [0.2, 0.25) is 10.0 Å². The summed E-state index contributed by atoms with van der Waals surface area (Å²) in [6.45, 7) is 8.34. The number of aromatic nitrogens is 3. The summed E-state index contributed by atoms with van der Waals surface area (Å²) in [6.07, 6.45) is 3.15. The van der Waals surface area contributed by atoms with Crippen LogP contribution >= 0.6 is 23.2 Å². The van der Waals surface area contributed by atoms with Crippen LogP contribution in [0.4, 0.5) is 0 Å². The Bertz CT molecular complexity index is 562. The molecule has 0 saturated heterocycles. The lowest BCUT2D eigenvalue weighted by molar-refractivity contribution is 0.543. The lowest BCUT2D eigenvalue weighted by Gasteiger charge is -2.21. The van der Waals surface area contributed by atoms with Crippen molar-refractivity contribution in [2.24, 2.45) is 0 Å². The number of rotatable bonds is 1. The predicted molar refractivity (Wildman–Crippen MR) is 74.8 cm³/mol. The second kappa shape index (κ2) is 4.56. The molecule has 0 aliphatic rings. The molecule has 0 aliphatic heterocycles. The van der Waals surface area contributed by atoms with Crippen molar-refractivity contribution in [1.29, 1.82) is 0 Å². The van der Waals surface area contributed by atoms with E-state index in [1.54, 1.807) is 12.4 Å². The van der Waals surface area contributed by atoms with Gasteiger partial charge in [0.15, 0.2) is 0 Å². The Morgan fingerprint density at radius 2 is 1.67 bits per heavy atom. The smallest absolute Gasteiger partial charge is 0.105 e. The van der Waals surface area contributed by atoms with Gasteiger partial charge in [0.25, 0.3) is 0 Å². The largest absolute Gasteiger partial charge is 0.261 e. The van der Waals surface area contributed by atoms with Gasteiger partial charge in [-0.25, -0.2) is 4.68 Å². The minimum Gasteiger partial charge on any atom is -0.261 e. The van der Waals surface area contributed by atoms with E-state index in [1.165, 1.54) is 0 Å². The summed E-state index contributed by atoms with van der Waals surface area (Å²) >= 11 is 12.4. The minimum absolute atomic E-state index is 0.0445. The molecule has 2 rings (SSSR count). The van der Waals surface area contributed by atoms with Gasteiger partial charge in [0.2, 0.25) is 0 Å². The van der Waals surface area contributed by atoms with E-state index in [0.717, 1.165) is 11.4 Å². The molecule has 2 heterocycles. The van der Waals surface area contributed by atoms with Crippen LogP contribution in [0, 0.1) is 6.92 Å². The zero-order chi connectivity index (χ0) is 13.5. The molecule has 0 fully saturated rings. The van der Waals surface area contributed by atoms with Gasteiger partial charge in [-0.1, -0.05) is 44.0 Å². The van der Waals surface area contributed by atoms with Crippen molar-refractivity contribution >= 4 is 23.2 Å². The number of aryl methyl sites for hydroxylation is 1. The van der Waals surface area contributed by atoms with E-state index >= 15 is 0 Å². The van der Waals surface area contributed by atoms with Crippen molar-refractivity contribution in [3.8, 4) is 5.69 Å². The molecular formula is C13H15Cl2N3. The fourth-order valence-corrected chi connectivity index (χ4v) is 2.34. The lowest BCUT2D eigenvalue weighted by Crippen LogP contribution is -2.17. The summed E-state index contributed by atoms with van der Waals surface area (Å²) in [4.78, 5) is 3.96. The van der Waals surface area contributed by atoms with Crippen LogP contribution in [0.15, 0.2) is 18.5 Å². The maximum Gasteiger partial charge on any atom is 0.105 e. The highest BCUT2D eigenvalue weighted by molar-refractivity contribution is 6.37. The number of halogens is 2. The van der Waals surface area contributed by atoms with Crippen LogP contribution in [-0.4, -0.2) is 14.8 Å². The first-order valence-electron chi connectivity index (χ1n) is 5.67. The van der Waals surface area contributed by atoms with Gasteiger partial charge in [-0.3, -0.25) is 4.98 Å². The molecule has 0 aliphatic carbocycles. The average Bonchev–Trinajstić information content (AvgIpc) is 2.59. The first-order valence-corrected chi connectivity index (χ1v) is 6.43. The minimum atomic E-state index is -0.0445. The molecular weight excluding hydrogens is 269 g/mol. The topological polar surface area (TPSA) is 30.7 Å². The molecule has 2 aromatic rings. The highest BCUT2D eigenvalue weighted by Crippen LogP contribution is 2.32. The van der Waals surface area contributed by atoms with Gasteiger partial charge >= 0.3 is 0 Å². The van der Waals surface area contributed by atoms with Crippen molar-refractivity contribution in [2.45, 2.75) is 33.1 Å². The summed E-state index contributed by atoms with van der Waals surface area (Å²) in [5.41, 5.74) is 2.64. The van der Waals surface area contributed by atoms with Crippen molar-refractivity contribution in [3.63, 3.8) is 0 Å². The molecule has 0 spiro atoms. The van der Waals surface area contributed by atoms with Gasteiger partial charge in [0.1, 0.15) is 5.69 Å². The summed E-state index contributed by atoms with van der Waals surface area (Å²) in [6, 6.07) is 2.05. The molecule has 18 heavy (non-hydrogen) atoms. The zero-order valence-corrected chi connectivity index (χ0v) is 12.3. The van der Waals surface area contributed by atoms with Gasteiger partial charge in [-0.2, -0.15) is 5.10 Å². The predicted octanol–water partition coefficient (Wildman–Crippen LogP) is 4.18. The van der Waals surface area contributed by atoms with Gasteiger partial charge in [-0.05, 0) is 13.0 Å². The van der Waals surface area contributed by atoms with E-state index in [-0.39, 0.29) is 5.41 Å². The van der Waals surface area contributed by atoms with Crippen LogP contribution in [0.25, 0.3) is 5.69 Å². The second-order valence-corrected chi connectivity index (χ2v) is 6.10. The Labute approximate surface area is 117 Å². The zero-order valence-electron chi connectivity index (χ0n) is 10.8. The monoisotopic (exact) mass is 283 g/mol. The van der Waals surface area contributed by atoms with E-state index < -0.39 is 0 Å². The number of hydrogen-bond donors (Lipinski definition) is 0. The SMILES string of the molecule is Cc1cc(C(C)(C)C)n(-c2c(Cl)cncc2Cl)n1. The van der Waals surface area contributed by atoms with Crippen molar-refractivity contribution < 1.29 is 0 Å². The third-order valence-electron chi connectivity index (χ3n) is 2.64. The molecule has 96 valence electrons. The van der Waals surface area contributed by atoms with Crippen LogP contribution in [0.5, 0.6) is 0 Å². The average molecular weight is 284 g/mol. The van der Waals surface area contributed by atoms with E-state index in [2.05, 4.69) is 30.9 Å². The van der Waals surface area contributed by atoms with E-state index in [0.29, 0.717) is 15.7 Å². The first kappa shape index (κ1) is 13.4. The molecule has 2 aromatic heterocycles. The van der Waals surface area contributed by atoms with E-state index in [1.807, 2.05) is 17.7 Å². The highest BCUT2D eigenvalue weighted by atomic mass is 35.5. The fourth-order valence-electron chi connectivity index (χ4n) is 1.81. The summed E-state index contributed by atoms with van der Waals surface area (Å²) in [7, 11) is 0. The van der Waals surface area contributed by atoms with Crippen LogP contribution in [0.3, 0.4) is 0 Å². The fraction of sp³-hybridized carbons (Fsp3) is 0.385. The van der Waals surface area contributed by atoms with Crippen LogP contribution < -0.4 is 0 Å². The Morgan fingerprint density at radius 1 is 1.11 bits per heavy atom. The molecule has 0 unspecified atom stereocenters. The summed E-state index contributed by atoms with van der Waals surface area (Å²) in [5.74, 6) is 0. The Kier molecular flexibility index (Phi) is 3.39. The summed E-state index contributed by atoms with van der Waals surface area (Å²) in [5, 5.41) is 5.48. The molecule has 0 atom stereocenters. The first-order chi connectivity index (χ1) is 8.30. The maximum atomic E-state index is 6.19. The molecule has 0 bridgehead atoms. The molecule has 0 amide bonds. The third-order valence-corrected chi connectivity index (χ3v) is 3.19. The Morgan fingerprint density at radius 3 is 2.17 bits per heavy atom. The van der Waals surface area contributed by atoms with Crippen LogP contribution in [-0.2, 0) is 5.41 Å². The van der Waals surface area contributed by atoms with E-state index in [9.17, 15) is 0 Å². The van der Waals surface area contributed by atoms with Crippen molar-refractivity contribution in [2.75, 3.05) is 0 Å². The molecule has 0 saturated carbocycles. The number of hydrogen-bond acceptors (Lipinski definition) is 2. The second-order valence-electron chi connectivity index (χ2n) is 5.28. The third kappa shape index (κ3) is 2.38. The van der Waals surface area contributed by atoms with Gasteiger partial charge in [-0.15, -0.1) is 0 Å². The maximum absolute atomic E-state index is 6.19. The standard InChI is InChI=1S/C13H15Cl2N3/c1-8-5-11(13(2,3)4)18(17-8)12-9(14)6-16-7-10(12)15/h5-7H,1-4H3. The number of pyridine rings is 1. The van der Waals surface area contributed by atoms with Gasteiger partial charge < -0.3 is 0 Å². The van der Waals surface area contributed by atoms with Gasteiger partial charge in [0, 0.05) is 23.5 Å². The highest BCUT2D eigenvalue weighted by Gasteiger charge is 2.23. The normalized spacial score (nSPS) is 11.9. The Balaban J connectivity index is 2.72. The van der Waals surface area contributed by atoms with Crippen LogP contribution in [0.1, 0.15) is 32.2 Å². The summed E-state index contributed by atoms with van der Waals surface area (Å²) < 4.78 is 1.81. The molecule has 3 nitrogen and oxygen atoms in total. The van der Waals surface area contributed by atoms with Crippen molar-refractivity contribution in [1.82, 2.24) is 14.8 Å². The lowest BCUT2D eigenvalue weighted by atomic mass is 9.92.